The smallest absolute Gasteiger partial charge is 0.129 e. The summed E-state index contributed by atoms with van der Waals surface area (Å²) in [5.41, 5.74) is 1.57. The summed E-state index contributed by atoms with van der Waals surface area (Å²) in [6.07, 6.45) is 5.09. The number of halogens is 1. The molecule has 0 saturated heterocycles. The van der Waals surface area contributed by atoms with Crippen molar-refractivity contribution in [3.8, 4) is 0 Å². The van der Waals surface area contributed by atoms with Crippen LogP contribution in [0.2, 0.25) is 0 Å². The van der Waals surface area contributed by atoms with E-state index in [9.17, 15) is 4.39 Å². The second-order valence-corrected chi connectivity index (χ2v) is 5.68. The van der Waals surface area contributed by atoms with Crippen molar-refractivity contribution < 1.29 is 4.39 Å². The van der Waals surface area contributed by atoms with Crippen molar-refractivity contribution in [2.24, 2.45) is 5.92 Å². The first kappa shape index (κ1) is 12.7. The normalized spacial score (nSPS) is 29.0. The van der Waals surface area contributed by atoms with Gasteiger partial charge >= 0.3 is 0 Å². The van der Waals surface area contributed by atoms with Crippen LogP contribution in [-0.4, -0.2) is 5.25 Å². The van der Waals surface area contributed by atoms with E-state index in [2.05, 4.69) is 19.2 Å². The van der Waals surface area contributed by atoms with Crippen molar-refractivity contribution >= 4 is 12.6 Å². The van der Waals surface area contributed by atoms with Crippen molar-refractivity contribution in [2.45, 2.75) is 37.4 Å². The maximum absolute atomic E-state index is 14.2. The molecule has 0 amide bonds. The molecule has 17 heavy (non-hydrogen) atoms. The molecule has 3 unspecified atom stereocenters. The molecule has 0 nitrogen and oxygen atoms in total. The summed E-state index contributed by atoms with van der Waals surface area (Å²) in [5, 5.41) is 0.385. The number of rotatable bonds is 2. The molecule has 0 aliphatic heterocycles. The second-order valence-electron chi connectivity index (χ2n) is 4.95. The van der Waals surface area contributed by atoms with E-state index in [0.717, 1.165) is 30.4 Å². The lowest BCUT2D eigenvalue weighted by molar-refractivity contribution is 0.362. The lowest BCUT2D eigenvalue weighted by atomic mass is 9.75. The van der Waals surface area contributed by atoms with E-state index in [-0.39, 0.29) is 11.7 Å². The van der Waals surface area contributed by atoms with Gasteiger partial charge in [0.05, 0.1) is 0 Å². The van der Waals surface area contributed by atoms with E-state index in [1.807, 2.05) is 31.2 Å². The van der Waals surface area contributed by atoms with Crippen LogP contribution < -0.4 is 0 Å². The molecule has 1 saturated carbocycles. The van der Waals surface area contributed by atoms with Gasteiger partial charge in [-0.3, -0.25) is 0 Å². The first-order valence-corrected chi connectivity index (χ1v) is 6.70. The molecular weight excluding hydrogens is 231 g/mol. The Labute approximate surface area is 108 Å². The maximum atomic E-state index is 14.2. The molecule has 0 heterocycles. The number of thiol groups is 1. The molecule has 1 aliphatic carbocycles. The van der Waals surface area contributed by atoms with Crippen molar-refractivity contribution in [3.63, 3.8) is 0 Å². The molecule has 1 aliphatic rings. The topological polar surface area (TPSA) is 0 Å². The van der Waals surface area contributed by atoms with Crippen molar-refractivity contribution in [3.05, 3.63) is 47.8 Å². The van der Waals surface area contributed by atoms with Crippen LogP contribution in [0.1, 0.15) is 36.3 Å². The highest BCUT2D eigenvalue weighted by atomic mass is 32.1. The molecule has 0 aromatic heterocycles. The molecule has 1 aromatic rings. The zero-order valence-electron chi connectivity index (χ0n) is 10.2. The van der Waals surface area contributed by atoms with Gasteiger partial charge in [-0.15, -0.1) is 6.58 Å². The molecule has 2 rings (SSSR count). The van der Waals surface area contributed by atoms with Gasteiger partial charge in [-0.25, -0.2) is 4.39 Å². The molecule has 0 radical (unpaired) electrons. The summed E-state index contributed by atoms with van der Waals surface area (Å²) >= 11 is 4.55. The molecule has 2 heteroatoms. The van der Waals surface area contributed by atoms with Crippen LogP contribution in [0.15, 0.2) is 30.9 Å². The summed E-state index contributed by atoms with van der Waals surface area (Å²) in [4.78, 5) is 0. The number of benzene rings is 1. The highest BCUT2D eigenvalue weighted by molar-refractivity contribution is 7.80. The van der Waals surface area contributed by atoms with Gasteiger partial charge < -0.3 is 0 Å². The third-order valence-corrected chi connectivity index (χ3v) is 4.27. The van der Waals surface area contributed by atoms with Crippen LogP contribution >= 0.6 is 12.6 Å². The number of aryl methyl sites for hydroxylation is 1. The van der Waals surface area contributed by atoms with E-state index in [1.165, 1.54) is 0 Å². The molecule has 92 valence electrons. The summed E-state index contributed by atoms with van der Waals surface area (Å²) in [6, 6.07) is 5.67. The predicted molar refractivity (Wildman–Crippen MR) is 74.2 cm³/mol. The van der Waals surface area contributed by atoms with E-state index < -0.39 is 0 Å². The molecule has 0 spiro atoms. The van der Waals surface area contributed by atoms with Crippen molar-refractivity contribution in [1.29, 1.82) is 0 Å². The lowest BCUT2D eigenvalue weighted by Gasteiger charge is -2.33. The Balaban J connectivity index is 2.35. The fraction of sp³-hybridized carbons (Fsp3) is 0.467. The first-order valence-electron chi connectivity index (χ1n) is 6.19. The van der Waals surface area contributed by atoms with Gasteiger partial charge in [0.1, 0.15) is 5.82 Å². The molecular formula is C15H19FS. The van der Waals surface area contributed by atoms with Crippen LogP contribution in [0.5, 0.6) is 0 Å². The zero-order chi connectivity index (χ0) is 12.4. The quantitative estimate of drug-likeness (QED) is 0.580. The minimum atomic E-state index is -0.0493. The Morgan fingerprint density at radius 2 is 2.18 bits per heavy atom. The third kappa shape index (κ3) is 2.57. The Morgan fingerprint density at radius 1 is 1.41 bits per heavy atom. The number of allylic oxidation sites excluding steroid dienone is 1. The van der Waals surface area contributed by atoms with Gasteiger partial charge in [-0.2, -0.15) is 12.6 Å². The number of hydrogen-bond donors (Lipinski definition) is 1. The van der Waals surface area contributed by atoms with Crippen LogP contribution in [0.4, 0.5) is 4.39 Å². The Hall–Kier alpha value is -0.760. The minimum Gasteiger partial charge on any atom is -0.206 e. The van der Waals surface area contributed by atoms with Gasteiger partial charge in [-0.1, -0.05) is 24.3 Å². The second kappa shape index (κ2) is 5.26. The predicted octanol–water partition coefficient (Wildman–Crippen LogP) is 4.50. The average molecular weight is 250 g/mol. The summed E-state index contributed by atoms with van der Waals surface area (Å²) < 4.78 is 14.2. The molecule has 0 N–H and O–H groups in total. The van der Waals surface area contributed by atoms with Crippen molar-refractivity contribution in [1.82, 2.24) is 0 Å². The van der Waals surface area contributed by atoms with Gasteiger partial charge in [0.15, 0.2) is 0 Å². The maximum Gasteiger partial charge on any atom is 0.129 e. The zero-order valence-corrected chi connectivity index (χ0v) is 11.1. The summed E-state index contributed by atoms with van der Waals surface area (Å²) in [7, 11) is 0. The van der Waals surface area contributed by atoms with Gasteiger partial charge in [0.25, 0.3) is 0 Å². The number of hydrogen-bond acceptors (Lipinski definition) is 1. The molecule has 3 atom stereocenters. The molecule has 1 fully saturated rings. The monoisotopic (exact) mass is 250 g/mol. The fourth-order valence-corrected chi connectivity index (χ4v) is 3.14. The highest BCUT2D eigenvalue weighted by Gasteiger charge is 2.30. The van der Waals surface area contributed by atoms with Crippen LogP contribution in [-0.2, 0) is 0 Å². The Bertz CT molecular complexity index is 413. The summed E-state index contributed by atoms with van der Waals surface area (Å²) in [6.45, 7) is 5.71. The first-order chi connectivity index (χ1) is 8.13. The lowest BCUT2D eigenvalue weighted by Crippen LogP contribution is -2.23. The van der Waals surface area contributed by atoms with Gasteiger partial charge in [-0.05, 0) is 49.1 Å². The SMILES string of the molecule is C=CC1CCC(S)CC1c1cccc(C)c1F. The van der Waals surface area contributed by atoms with E-state index in [0.29, 0.717) is 11.2 Å². The van der Waals surface area contributed by atoms with E-state index in [1.54, 1.807) is 0 Å². The van der Waals surface area contributed by atoms with Crippen LogP contribution in [0, 0.1) is 18.7 Å². The molecule has 0 bridgehead atoms. The molecule has 1 aromatic carbocycles. The van der Waals surface area contributed by atoms with E-state index >= 15 is 0 Å². The summed E-state index contributed by atoms with van der Waals surface area (Å²) in [5.74, 6) is 0.574. The standard InChI is InChI=1S/C15H19FS/c1-3-11-7-8-12(17)9-14(11)13-6-4-5-10(2)15(13)16/h3-6,11-12,14,17H,1,7-9H2,2H3. The largest absolute Gasteiger partial charge is 0.206 e. The fourth-order valence-electron chi connectivity index (χ4n) is 2.77. The van der Waals surface area contributed by atoms with Gasteiger partial charge in [0, 0.05) is 5.25 Å². The highest BCUT2D eigenvalue weighted by Crippen LogP contribution is 2.41. The van der Waals surface area contributed by atoms with Crippen molar-refractivity contribution in [2.75, 3.05) is 0 Å². The van der Waals surface area contributed by atoms with Gasteiger partial charge in [0.2, 0.25) is 0 Å². The third-order valence-electron chi connectivity index (χ3n) is 3.80. The minimum absolute atomic E-state index is 0.0493. The van der Waals surface area contributed by atoms with Crippen LogP contribution in [0.25, 0.3) is 0 Å². The van der Waals surface area contributed by atoms with E-state index in [4.69, 9.17) is 0 Å². The Morgan fingerprint density at radius 3 is 2.88 bits per heavy atom. The van der Waals surface area contributed by atoms with Crippen LogP contribution in [0.3, 0.4) is 0 Å². The average Bonchev–Trinajstić information content (AvgIpc) is 2.33. The Kier molecular flexibility index (Phi) is 3.93.